The Morgan fingerprint density at radius 2 is 2.12 bits per heavy atom. The highest BCUT2D eigenvalue weighted by Gasteiger charge is 2.14. The minimum absolute atomic E-state index is 0.280. The maximum Gasteiger partial charge on any atom is 0.354 e. The minimum atomic E-state index is -0.368. The molecule has 0 bridgehead atoms. The number of hydrogen-bond donors (Lipinski definition) is 0. The van der Waals surface area contributed by atoms with Gasteiger partial charge in [-0.15, -0.1) is 5.10 Å². The fourth-order valence-electron chi connectivity index (χ4n) is 1.53. The van der Waals surface area contributed by atoms with Crippen LogP contribution in [0.1, 0.15) is 24.8 Å². The lowest BCUT2D eigenvalue weighted by Crippen LogP contribution is -2.16. The summed E-state index contributed by atoms with van der Waals surface area (Å²) in [5, 5.41) is 7.64. The normalized spacial score (nSPS) is 14.9. The number of esters is 1. The van der Waals surface area contributed by atoms with Gasteiger partial charge in [-0.25, -0.2) is 4.79 Å². The van der Waals surface area contributed by atoms with Crippen LogP contribution in [0.2, 0.25) is 0 Å². The summed E-state index contributed by atoms with van der Waals surface area (Å²) in [7, 11) is 0. The van der Waals surface area contributed by atoms with E-state index in [0.29, 0.717) is 12.1 Å². The Hall–Kier alpha value is -1.97. The first-order valence-electron chi connectivity index (χ1n) is 5.65. The third-order valence-corrected chi connectivity index (χ3v) is 2.46. The zero-order chi connectivity index (χ0) is 11.9. The summed E-state index contributed by atoms with van der Waals surface area (Å²) in [4.78, 5) is 11.7. The summed E-state index contributed by atoms with van der Waals surface area (Å²) >= 11 is 0. The maximum atomic E-state index is 11.7. The molecule has 17 heavy (non-hydrogen) atoms. The lowest BCUT2D eigenvalue weighted by molar-refractivity contribution is -0.136. The predicted octanol–water partition coefficient (Wildman–Crippen LogP) is 2.34. The Balaban J connectivity index is 1.89. The van der Waals surface area contributed by atoms with Gasteiger partial charge < -0.3 is 4.74 Å². The monoisotopic (exact) mass is 230 g/mol. The van der Waals surface area contributed by atoms with E-state index in [0.717, 1.165) is 18.4 Å². The molecule has 1 aromatic rings. The van der Waals surface area contributed by atoms with Crippen LogP contribution in [-0.4, -0.2) is 17.9 Å². The summed E-state index contributed by atoms with van der Waals surface area (Å²) in [5.74, 6) is -0.368. The van der Waals surface area contributed by atoms with Crippen molar-refractivity contribution in [3.63, 3.8) is 0 Å². The summed E-state index contributed by atoms with van der Waals surface area (Å²) in [6.07, 6.45) is 4.10. The average Bonchev–Trinajstić information content (AvgIpc) is 2.66. The molecule has 0 saturated heterocycles. The number of carbonyl (C=O) groups excluding carboxylic acids is 1. The maximum absolute atomic E-state index is 11.7. The van der Waals surface area contributed by atoms with E-state index in [-0.39, 0.29) is 12.6 Å². The number of ether oxygens (including phenoxy) is 1. The molecule has 0 N–H and O–H groups in total. The van der Waals surface area contributed by atoms with Crippen LogP contribution in [0.5, 0.6) is 0 Å². The summed E-state index contributed by atoms with van der Waals surface area (Å²) < 4.78 is 5.18. The zero-order valence-electron chi connectivity index (χ0n) is 9.50. The third-order valence-electron chi connectivity index (χ3n) is 2.46. The molecule has 0 saturated carbocycles. The largest absolute Gasteiger partial charge is 0.456 e. The molecule has 2 rings (SSSR count). The highest BCUT2D eigenvalue weighted by Crippen LogP contribution is 2.06. The standard InChI is InChI=1S/C13H14N2O2/c16-13(12-8-4-5-9-14-15-12)17-10-11-6-2-1-3-7-11/h1-3,6-7,9H,4-5,8,10H2. The smallest absolute Gasteiger partial charge is 0.354 e. The molecule has 1 aliphatic rings. The average molecular weight is 230 g/mol. The Morgan fingerprint density at radius 3 is 2.94 bits per heavy atom. The van der Waals surface area contributed by atoms with Crippen molar-refractivity contribution >= 4 is 17.9 Å². The van der Waals surface area contributed by atoms with Crippen molar-refractivity contribution in [3.05, 3.63) is 35.9 Å². The van der Waals surface area contributed by atoms with Crippen LogP contribution in [0.3, 0.4) is 0 Å². The molecule has 0 unspecified atom stereocenters. The number of nitrogens with zero attached hydrogens (tertiary/aromatic N) is 2. The Labute approximate surface area is 100 Å². The highest BCUT2D eigenvalue weighted by molar-refractivity contribution is 6.36. The van der Waals surface area contributed by atoms with E-state index in [1.165, 1.54) is 0 Å². The van der Waals surface area contributed by atoms with Gasteiger partial charge in [0.2, 0.25) is 0 Å². The van der Waals surface area contributed by atoms with Gasteiger partial charge in [-0.3, -0.25) is 0 Å². The van der Waals surface area contributed by atoms with Gasteiger partial charge in [0.15, 0.2) is 0 Å². The van der Waals surface area contributed by atoms with E-state index in [9.17, 15) is 4.79 Å². The van der Waals surface area contributed by atoms with Crippen molar-refractivity contribution in [1.29, 1.82) is 0 Å². The van der Waals surface area contributed by atoms with Crippen molar-refractivity contribution in [1.82, 2.24) is 0 Å². The van der Waals surface area contributed by atoms with Gasteiger partial charge in [0.05, 0.1) is 0 Å². The van der Waals surface area contributed by atoms with Crippen molar-refractivity contribution in [2.45, 2.75) is 25.9 Å². The first-order chi connectivity index (χ1) is 8.36. The van der Waals surface area contributed by atoms with Crippen molar-refractivity contribution < 1.29 is 9.53 Å². The second kappa shape index (κ2) is 5.94. The molecule has 1 aromatic carbocycles. The van der Waals surface area contributed by atoms with Gasteiger partial charge in [0, 0.05) is 6.21 Å². The number of carbonyl (C=O) groups is 1. The molecular formula is C13H14N2O2. The van der Waals surface area contributed by atoms with E-state index < -0.39 is 0 Å². The van der Waals surface area contributed by atoms with Crippen LogP contribution >= 0.6 is 0 Å². The van der Waals surface area contributed by atoms with Crippen molar-refractivity contribution in [2.24, 2.45) is 10.2 Å². The second-order valence-corrected chi connectivity index (χ2v) is 3.80. The van der Waals surface area contributed by atoms with E-state index >= 15 is 0 Å². The molecule has 0 spiro atoms. The molecule has 4 nitrogen and oxygen atoms in total. The lowest BCUT2D eigenvalue weighted by Gasteiger charge is -2.05. The number of benzene rings is 1. The van der Waals surface area contributed by atoms with Gasteiger partial charge in [0.1, 0.15) is 12.3 Å². The van der Waals surface area contributed by atoms with Gasteiger partial charge in [-0.2, -0.15) is 5.10 Å². The Morgan fingerprint density at radius 1 is 1.29 bits per heavy atom. The van der Waals surface area contributed by atoms with Crippen LogP contribution in [0.4, 0.5) is 0 Å². The van der Waals surface area contributed by atoms with E-state index in [1.54, 1.807) is 6.21 Å². The minimum Gasteiger partial charge on any atom is -0.456 e. The molecular weight excluding hydrogens is 216 g/mol. The zero-order valence-corrected chi connectivity index (χ0v) is 9.50. The van der Waals surface area contributed by atoms with Crippen LogP contribution in [0, 0.1) is 0 Å². The quantitative estimate of drug-likeness (QED) is 0.748. The molecule has 88 valence electrons. The Bertz CT molecular complexity index is 438. The highest BCUT2D eigenvalue weighted by atomic mass is 16.5. The fourth-order valence-corrected chi connectivity index (χ4v) is 1.53. The number of hydrogen-bond acceptors (Lipinski definition) is 4. The van der Waals surface area contributed by atoms with E-state index in [2.05, 4.69) is 10.2 Å². The SMILES string of the molecule is O=C(OCc1ccccc1)C1=NN=CCCC1. The molecule has 0 fully saturated rings. The predicted molar refractivity (Wildman–Crippen MR) is 66.0 cm³/mol. The summed E-state index contributed by atoms with van der Waals surface area (Å²) in [6.45, 7) is 0.280. The second-order valence-electron chi connectivity index (χ2n) is 3.80. The van der Waals surface area contributed by atoms with Gasteiger partial charge in [-0.1, -0.05) is 30.3 Å². The molecule has 1 heterocycles. The van der Waals surface area contributed by atoms with Crippen molar-refractivity contribution in [2.75, 3.05) is 0 Å². The lowest BCUT2D eigenvalue weighted by atomic mass is 10.2. The molecule has 4 heteroatoms. The van der Waals surface area contributed by atoms with Crippen LogP contribution in [0.15, 0.2) is 40.5 Å². The first-order valence-corrected chi connectivity index (χ1v) is 5.65. The third kappa shape index (κ3) is 3.52. The van der Waals surface area contributed by atoms with Crippen LogP contribution in [-0.2, 0) is 16.1 Å². The summed E-state index contributed by atoms with van der Waals surface area (Å²) in [5.41, 5.74) is 1.38. The fraction of sp³-hybridized carbons (Fsp3) is 0.308. The summed E-state index contributed by atoms with van der Waals surface area (Å²) in [6, 6.07) is 9.59. The molecule has 0 radical (unpaired) electrons. The first kappa shape index (κ1) is 11.5. The van der Waals surface area contributed by atoms with Gasteiger partial charge >= 0.3 is 5.97 Å². The molecule has 0 amide bonds. The molecule has 0 aromatic heterocycles. The Kier molecular flexibility index (Phi) is 4.02. The molecule has 0 aliphatic carbocycles. The molecule has 1 aliphatic heterocycles. The van der Waals surface area contributed by atoms with Gasteiger partial charge in [-0.05, 0) is 24.8 Å². The van der Waals surface area contributed by atoms with Crippen molar-refractivity contribution in [3.8, 4) is 0 Å². The van der Waals surface area contributed by atoms with E-state index in [1.807, 2.05) is 30.3 Å². The molecule has 0 atom stereocenters. The topological polar surface area (TPSA) is 51.0 Å². The van der Waals surface area contributed by atoms with Crippen LogP contribution in [0.25, 0.3) is 0 Å². The number of rotatable bonds is 3. The van der Waals surface area contributed by atoms with E-state index in [4.69, 9.17) is 4.74 Å². The van der Waals surface area contributed by atoms with Crippen LogP contribution < -0.4 is 0 Å². The van der Waals surface area contributed by atoms with Gasteiger partial charge in [0.25, 0.3) is 0 Å².